The van der Waals surface area contributed by atoms with Crippen molar-refractivity contribution in [3.63, 3.8) is 0 Å². The molecule has 0 aromatic heterocycles. The first-order chi connectivity index (χ1) is 6.35. The third kappa shape index (κ3) is 8.77. The Balaban J connectivity index is 3.47. The van der Waals surface area contributed by atoms with E-state index in [1.54, 1.807) is 0 Å². The van der Waals surface area contributed by atoms with Crippen LogP contribution in [0.15, 0.2) is 0 Å². The van der Waals surface area contributed by atoms with Crippen LogP contribution in [0.2, 0.25) is 0 Å². The third-order valence-electron chi connectivity index (χ3n) is 1.16. The summed E-state index contributed by atoms with van der Waals surface area (Å²) in [5.41, 5.74) is 0. The fraction of sp³-hybridized carbons (Fsp3) is 1.00. The summed E-state index contributed by atoms with van der Waals surface area (Å²) >= 11 is 4.05. The highest BCUT2D eigenvalue weighted by Gasteiger charge is 2.08. The highest BCUT2D eigenvalue weighted by Crippen LogP contribution is 1.99. The third-order valence-corrected chi connectivity index (χ3v) is 2.04. The summed E-state index contributed by atoms with van der Waals surface area (Å²) in [5.74, 6) is 0. The van der Waals surface area contributed by atoms with E-state index < -0.39 is 6.48 Å². The van der Waals surface area contributed by atoms with Crippen molar-refractivity contribution in [2.45, 2.75) is 33.2 Å². The van der Waals surface area contributed by atoms with Crippen LogP contribution in [-0.2, 0) is 13.9 Å². The van der Waals surface area contributed by atoms with Gasteiger partial charge in [0.15, 0.2) is 0 Å². The zero-order chi connectivity index (χ0) is 9.94. The highest BCUT2D eigenvalue weighted by atomic mass is 32.1. The lowest BCUT2D eigenvalue weighted by Gasteiger charge is -2.17. The smallest absolute Gasteiger partial charge is 0.261 e. The lowest BCUT2D eigenvalue weighted by molar-refractivity contribution is -0.247. The van der Waals surface area contributed by atoms with Crippen molar-refractivity contribution in [1.29, 1.82) is 0 Å². The molecule has 0 saturated heterocycles. The SMILES string of the molecule is CCCOC(OCCC)O[Si]CS. The van der Waals surface area contributed by atoms with Crippen LogP contribution in [0, 0.1) is 0 Å². The standard InChI is InChI=1S/C8H18O3SSi/c1-3-5-9-8(10-6-4-2)11-13-7-12/h8,12H,3-7H2,1-2H3. The summed E-state index contributed by atoms with van der Waals surface area (Å²) in [6.45, 7) is 4.96. The van der Waals surface area contributed by atoms with Crippen molar-refractivity contribution in [3.8, 4) is 0 Å². The molecule has 0 aromatic rings. The van der Waals surface area contributed by atoms with E-state index in [0.717, 1.165) is 12.8 Å². The molecule has 5 heteroatoms. The van der Waals surface area contributed by atoms with E-state index in [1.165, 1.54) is 0 Å². The predicted molar refractivity (Wildman–Crippen MR) is 57.0 cm³/mol. The van der Waals surface area contributed by atoms with Gasteiger partial charge < -0.3 is 13.9 Å². The average Bonchev–Trinajstić information content (AvgIpc) is 2.17. The Morgan fingerprint density at radius 2 is 1.69 bits per heavy atom. The molecular weight excluding hydrogens is 204 g/mol. The van der Waals surface area contributed by atoms with Crippen LogP contribution in [0.1, 0.15) is 26.7 Å². The van der Waals surface area contributed by atoms with Gasteiger partial charge in [-0.25, -0.2) is 0 Å². The Bertz CT molecular complexity index is 86.4. The van der Waals surface area contributed by atoms with E-state index in [1.807, 2.05) is 0 Å². The molecule has 0 amide bonds. The molecule has 0 aliphatic heterocycles. The highest BCUT2D eigenvalue weighted by molar-refractivity contribution is 7.81. The van der Waals surface area contributed by atoms with Crippen LogP contribution in [0.4, 0.5) is 0 Å². The van der Waals surface area contributed by atoms with E-state index in [9.17, 15) is 0 Å². The minimum atomic E-state index is -0.495. The van der Waals surface area contributed by atoms with Gasteiger partial charge >= 0.3 is 0 Å². The molecular formula is C8H18O3SSi. The zero-order valence-corrected chi connectivity index (χ0v) is 10.2. The van der Waals surface area contributed by atoms with Crippen LogP contribution >= 0.6 is 12.6 Å². The number of hydrogen-bond acceptors (Lipinski definition) is 4. The maximum Gasteiger partial charge on any atom is 0.261 e. The van der Waals surface area contributed by atoms with Crippen molar-refractivity contribution >= 4 is 22.4 Å². The van der Waals surface area contributed by atoms with Gasteiger partial charge in [0.05, 0.1) is 13.2 Å². The largest absolute Gasteiger partial charge is 0.371 e. The molecule has 2 radical (unpaired) electrons. The van der Waals surface area contributed by atoms with Crippen molar-refractivity contribution in [2.75, 3.05) is 18.6 Å². The molecule has 0 aromatic carbocycles. The minimum absolute atomic E-state index is 0.332. The fourth-order valence-electron chi connectivity index (χ4n) is 0.650. The lowest BCUT2D eigenvalue weighted by atomic mass is 10.5. The monoisotopic (exact) mass is 222 g/mol. The molecule has 0 aliphatic rings. The molecule has 0 rings (SSSR count). The van der Waals surface area contributed by atoms with Gasteiger partial charge in [0, 0.05) is 5.38 Å². The quantitative estimate of drug-likeness (QED) is 0.365. The second-order valence-electron chi connectivity index (χ2n) is 2.45. The molecule has 0 saturated carbocycles. The molecule has 0 spiro atoms. The Morgan fingerprint density at radius 1 is 1.15 bits per heavy atom. The van der Waals surface area contributed by atoms with Crippen LogP contribution in [0.25, 0.3) is 0 Å². The van der Waals surface area contributed by atoms with Gasteiger partial charge in [-0.3, -0.25) is 0 Å². The number of ether oxygens (including phenoxy) is 2. The maximum absolute atomic E-state index is 5.32. The van der Waals surface area contributed by atoms with E-state index in [-0.39, 0.29) is 0 Å². The van der Waals surface area contributed by atoms with Gasteiger partial charge in [-0.15, -0.1) is 0 Å². The number of hydrogen-bond donors (Lipinski definition) is 1. The van der Waals surface area contributed by atoms with Crippen LogP contribution in [-0.4, -0.2) is 34.8 Å². The molecule has 0 bridgehead atoms. The van der Waals surface area contributed by atoms with Gasteiger partial charge in [0.25, 0.3) is 6.48 Å². The topological polar surface area (TPSA) is 27.7 Å². The predicted octanol–water partition coefficient (Wildman–Crippen LogP) is 1.65. The van der Waals surface area contributed by atoms with Crippen molar-refractivity contribution in [3.05, 3.63) is 0 Å². The van der Waals surface area contributed by atoms with Crippen LogP contribution in [0.3, 0.4) is 0 Å². The summed E-state index contributed by atoms with van der Waals surface area (Å²) in [6.07, 6.45) is 1.94. The first-order valence-electron chi connectivity index (χ1n) is 4.57. The first-order valence-corrected chi connectivity index (χ1v) is 6.32. The number of rotatable bonds is 9. The van der Waals surface area contributed by atoms with Crippen molar-refractivity contribution in [1.82, 2.24) is 0 Å². The molecule has 0 aliphatic carbocycles. The average molecular weight is 222 g/mol. The maximum atomic E-state index is 5.32. The summed E-state index contributed by atoms with van der Waals surface area (Å²) < 4.78 is 16.0. The first kappa shape index (κ1) is 13.4. The van der Waals surface area contributed by atoms with Gasteiger partial charge in [-0.1, -0.05) is 13.8 Å². The lowest BCUT2D eigenvalue weighted by Crippen LogP contribution is -2.24. The Kier molecular flexibility index (Phi) is 10.9. The Morgan fingerprint density at radius 3 is 2.08 bits per heavy atom. The molecule has 0 heterocycles. The summed E-state index contributed by atoms with van der Waals surface area (Å²) in [5, 5.41) is 0.710. The van der Waals surface area contributed by atoms with Crippen molar-refractivity contribution in [2.24, 2.45) is 0 Å². The van der Waals surface area contributed by atoms with Crippen molar-refractivity contribution < 1.29 is 13.9 Å². The van der Waals surface area contributed by atoms with Gasteiger partial charge in [-0.05, 0) is 12.8 Å². The van der Waals surface area contributed by atoms with Gasteiger partial charge in [0.2, 0.25) is 9.76 Å². The van der Waals surface area contributed by atoms with Crippen LogP contribution in [0.5, 0.6) is 0 Å². The molecule has 0 atom stereocenters. The zero-order valence-electron chi connectivity index (χ0n) is 8.28. The van der Waals surface area contributed by atoms with E-state index in [2.05, 4.69) is 26.5 Å². The summed E-state index contributed by atoms with van der Waals surface area (Å²) in [7, 11) is 0.332. The van der Waals surface area contributed by atoms with Gasteiger partial charge in [0.1, 0.15) is 0 Å². The van der Waals surface area contributed by atoms with Crippen LogP contribution < -0.4 is 0 Å². The summed E-state index contributed by atoms with van der Waals surface area (Å²) in [6, 6.07) is 0. The molecule has 0 fully saturated rings. The van der Waals surface area contributed by atoms with Gasteiger partial charge in [-0.2, -0.15) is 12.6 Å². The van der Waals surface area contributed by atoms with E-state index in [0.29, 0.717) is 28.4 Å². The Labute approximate surface area is 88.5 Å². The van der Waals surface area contributed by atoms with E-state index >= 15 is 0 Å². The molecule has 78 valence electrons. The fourth-order valence-corrected chi connectivity index (χ4v) is 1.22. The minimum Gasteiger partial charge on any atom is -0.371 e. The number of thiol groups is 1. The van der Waals surface area contributed by atoms with E-state index in [4.69, 9.17) is 13.9 Å². The molecule has 0 N–H and O–H groups in total. The normalized spacial score (nSPS) is 11.1. The molecule has 0 unspecified atom stereocenters. The summed E-state index contributed by atoms with van der Waals surface area (Å²) in [4.78, 5) is 0. The molecule has 3 nitrogen and oxygen atoms in total. The Hall–Kier alpha value is 0.447. The molecule has 13 heavy (non-hydrogen) atoms. The second-order valence-corrected chi connectivity index (χ2v) is 4.24. The second kappa shape index (κ2) is 10.5.